The molecule has 7 nitrogen and oxygen atoms in total. The van der Waals surface area contributed by atoms with Crippen molar-refractivity contribution in [2.45, 2.75) is 25.9 Å². The highest BCUT2D eigenvalue weighted by atomic mass is 35.5. The number of carbonyl (C=O) groups excluding carboxylic acids is 1. The fourth-order valence-electron chi connectivity index (χ4n) is 2.06. The number of hydrogen-bond donors (Lipinski definition) is 3. The maximum Gasteiger partial charge on any atom is 0.321 e. The Balaban J connectivity index is 2.09. The summed E-state index contributed by atoms with van der Waals surface area (Å²) in [7, 11) is 0. The molecular formula is C16H18ClN5O2. The first-order chi connectivity index (χ1) is 11.4. The molecule has 1 atom stereocenters. The predicted octanol–water partition coefficient (Wildman–Crippen LogP) is 2.84. The number of rotatable bonds is 5. The third-order valence-corrected chi connectivity index (χ3v) is 3.63. The fraction of sp³-hybridized carbons (Fsp3) is 0.312. The summed E-state index contributed by atoms with van der Waals surface area (Å²) in [6.45, 7) is 3.56. The third kappa shape index (κ3) is 4.25. The van der Waals surface area contributed by atoms with E-state index >= 15 is 0 Å². The van der Waals surface area contributed by atoms with Crippen LogP contribution < -0.4 is 10.6 Å². The Hall–Kier alpha value is -2.56. The number of aromatic nitrogens is 2. The predicted molar refractivity (Wildman–Crippen MR) is 90.8 cm³/mol. The van der Waals surface area contributed by atoms with E-state index in [2.05, 4.69) is 15.7 Å². The first-order valence-corrected chi connectivity index (χ1v) is 7.75. The number of nitrogens with one attached hydrogen (secondary N) is 2. The van der Waals surface area contributed by atoms with Gasteiger partial charge in [-0.1, -0.05) is 23.7 Å². The minimum atomic E-state index is -0.597. The Bertz CT molecular complexity index is 749. The summed E-state index contributed by atoms with van der Waals surface area (Å²) in [5.74, 6) is 0.177. The van der Waals surface area contributed by atoms with E-state index in [1.807, 2.05) is 19.9 Å². The van der Waals surface area contributed by atoms with Crippen LogP contribution >= 0.6 is 11.6 Å². The van der Waals surface area contributed by atoms with E-state index in [1.54, 1.807) is 35.1 Å². The van der Waals surface area contributed by atoms with Gasteiger partial charge in [-0.3, -0.25) is 10.00 Å². The van der Waals surface area contributed by atoms with Gasteiger partial charge in [0.15, 0.2) is 5.82 Å². The van der Waals surface area contributed by atoms with Gasteiger partial charge >= 0.3 is 6.03 Å². The molecule has 0 aliphatic heterocycles. The van der Waals surface area contributed by atoms with Crippen molar-refractivity contribution in [2.75, 3.05) is 11.9 Å². The van der Waals surface area contributed by atoms with Crippen LogP contribution in [0.2, 0.25) is 5.02 Å². The lowest BCUT2D eigenvalue weighted by molar-refractivity contribution is 0.225. The highest BCUT2D eigenvalue weighted by Crippen LogP contribution is 2.18. The molecule has 2 amide bonds. The van der Waals surface area contributed by atoms with Gasteiger partial charge in [0.2, 0.25) is 0 Å². The second kappa shape index (κ2) is 7.81. The molecule has 24 heavy (non-hydrogen) atoms. The first kappa shape index (κ1) is 17.8. The second-order valence-electron chi connectivity index (χ2n) is 5.46. The van der Waals surface area contributed by atoms with E-state index in [1.165, 1.54) is 0 Å². The zero-order chi connectivity index (χ0) is 17.7. The Morgan fingerprint density at radius 2 is 2.08 bits per heavy atom. The van der Waals surface area contributed by atoms with Crippen LogP contribution in [0.1, 0.15) is 37.1 Å². The van der Waals surface area contributed by atoms with Gasteiger partial charge in [-0.15, -0.1) is 0 Å². The van der Waals surface area contributed by atoms with Gasteiger partial charge < -0.3 is 10.4 Å². The molecule has 2 rings (SSSR count). The molecule has 1 aromatic carbocycles. The maximum absolute atomic E-state index is 12.2. The van der Waals surface area contributed by atoms with E-state index in [-0.39, 0.29) is 24.0 Å². The lowest BCUT2D eigenvalue weighted by Crippen LogP contribution is -2.34. The van der Waals surface area contributed by atoms with Crippen LogP contribution in [-0.2, 0) is 0 Å². The average molecular weight is 348 g/mol. The number of nitriles is 1. The van der Waals surface area contributed by atoms with E-state index in [0.717, 1.165) is 0 Å². The molecule has 0 saturated heterocycles. The Morgan fingerprint density at radius 1 is 1.42 bits per heavy atom. The molecule has 0 bridgehead atoms. The van der Waals surface area contributed by atoms with Gasteiger partial charge in [-0.25, -0.2) is 4.79 Å². The van der Waals surface area contributed by atoms with Gasteiger partial charge in [-0.2, -0.15) is 10.4 Å². The highest BCUT2D eigenvalue weighted by Gasteiger charge is 2.17. The van der Waals surface area contributed by atoms with Crippen LogP contribution in [0, 0.1) is 11.3 Å². The fourth-order valence-corrected chi connectivity index (χ4v) is 2.19. The van der Waals surface area contributed by atoms with Gasteiger partial charge in [0.05, 0.1) is 12.6 Å². The van der Waals surface area contributed by atoms with E-state index in [9.17, 15) is 9.90 Å². The number of nitrogens with zero attached hydrogens (tertiary/aromatic N) is 3. The zero-order valence-corrected chi connectivity index (χ0v) is 14.1. The van der Waals surface area contributed by atoms with Crippen LogP contribution in [0.3, 0.4) is 0 Å². The number of urea groups is 1. The molecule has 0 saturated carbocycles. The molecule has 1 heterocycles. The molecule has 126 valence electrons. The molecule has 0 aliphatic carbocycles. The zero-order valence-electron chi connectivity index (χ0n) is 13.3. The van der Waals surface area contributed by atoms with Gasteiger partial charge in [-0.05, 0) is 31.5 Å². The Morgan fingerprint density at radius 3 is 2.62 bits per heavy atom. The average Bonchev–Trinajstić information content (AvgIpc) is 2.96. The number of benzene rings is 1. The molecule has 0 aliphatic rings. The topological polar surface area (TPSA) is 103 Å². The van der Waals surface area contributed by atoms with E-state index < -0.39 is 12.1 Å². The number of aliphatic hydroxyl groups is 1. The van der Waals surface area contributed by atoms with Crippen molar-refractivity contribution in [2.24, 2.45) is 0 Å². The minimum Gasteiger partial charge on any atom is -0.394 e. The summed E-state index contributed by atoms with van der Waals surface area (Å²) in [6, 6.07) is 7.69. The van der Waals surface area contributed by atoms with E-state index in [4.69, 9.17) is 16.9 Å². The number of hydrogen-bond acceptors (Lipinski definition) is 4. The Labute approximate surface area is 144 Å². The van der Waals surface area contributed by atoms with Crippen molar-refractivity contribution >= 4 is 23.4 Å². The van der Waals surface area contributed by atoms with Gasteiger partial charge in [0, 0.05) is 17.3 Å². The number of amides is 2. The summed E-state index contributed by atoms with van der Waals surface area (Å²) in [5.41, 5.74) is 0.983. The Kier molecular flexibility index (Phi) is 5.79. The smallest absolute Gasteiger partial charge is 0.321 e. The van der Waals surface area contributed by atoms with Gasteiger partial charge in [0.1, 0.15) is 11.6 Å². The van der Waals surface area contributed by atoms with Crippen LogP contribution in [-0.4, -0.2) is 27.5 Å². The molecular weight excluding hydrogens is 330 g/mol. The summed E-state index contributed by atoms with van der Waals surface area (Å²) in [4.78, 5) is 12.2. The van der Waals surface area contributed by atoms with E-state index in [0.29, 0.717) is 10.6 Å². The monoisotopic (exact) mass is 347 g/mol. The van der Waals surface area contributed by atoms with Crippen molar-refractivity contribution in [1.82, 2.24) is 15.1 Å². The SMILES string of the molecule is CC(C)n1cc(C#N)c(NC(=O)NC(CO)c2ccc(Cl)cc2)n1. The summed E-state index contributed by atoms with van der Waals surface area (Å²) >= 11 is 5.83. The molecule has 1 unspecified atom stereocenters. The number of halogens is 1. The normalized spacial score (nSPS) is 11.8. The first-order valence-electron chi connectivity index (χ1n) is 7.37. The van der Waals surface area contributed by atoms with Crippen molar-refractivity contribution in [3.8, 4) is 6.07 Å². The minimum absolute atomic E-state index is 0.0648. The van der Waals surface area contributed by atoms with Gasteiger partial charge in [0.25, 0.3) is 0 Å². The molecule has 0 radical (unpaired) electrons. The number of anilines is 1. The quantitative estimate of drug-likeness (QED) is 0.773. The largest absolute Gasteiger partial charge is 0.394 e. The lowest BCUT2D eigenvalue weighted by atomic mass is 10.1. The van der Waals surface area contributed by atoms with Crippen LogP contribution in [0.4, 0.5) is 10.6 Å². The summed E-state index contributed by atoms with van der Waals surface area (Å²) in [6.07, 6.45) is 1.57. The molecule has 0 spiro atoms. The molecule has 3 N–H and O–H groups in total. The van der Waals surface area contributed by atoms with Crippen LogP contribution in [0.15, 0.2) is 30.5 Å². The number of aliphatic hydroxyl groups excluding tert-OH is 1. The summed E-state index contributed by atoms with van der Waals surface area (Å²) < 4.78 is 1.59. The molecule has 2 aromatic rings. The molecule has 1 aromatic heterocycles. The number of carbonyl (C=O) groups is 1. The summed E-state index contributed by atoms with van der Waals surface area (Å²) in [5, 5.41) is 28.6. The molecule has 0 fully saturated rings. The highest BCUT2D eigenvalue weighted by molar-refractivity contribution is 6.30. The second-order valence-corrected chi connectivity index (χ2v) is 5.90. The van der Waals surface area contributed by atoms with Crippen molar-refractivity contribution in [3.63, 3.8) is 0 Å². The van der Waals surface area contributed by atoms with Crippen molar-refractivity contribution in [1.29, 1.82) is 5.26 Å². The maximum atomic E-state index is 12.2. The van der Waals surface area contributed by atoms with Crippen molar-refractivity contribution in [3.05, 3.63) is 46.6 Å². The third-order valence-electron chi connectivity index (χ3n) is 3.37. The standard InChI is InChI=1S/C16H18ClN5O2/c1-10(2)22-8-12(7-18)15(21-22)20-16(24)19-14(9-23)11-3-5-13(17)6-4-11/h3-6,8,10,14,23H,9H2,1-2H3,(H2,19,20,21,24). The molecule has 8 heteroatoms. The van der Waals surface area contributed by atoms with Crippen LogP contribution in [0.25, 0.3) is 0 Å². The lowest BCUT2D eigenvalue weighted by Gasteiger charge is -2.17. The van der Waals surface area contributed by atoms with Crippen molar-refractivity contribution < 1.29 is 9.90 Å². The van der Waals surface area contributed by atoms with Crippen LogP contribution in [0.5, 0.6) is 0 Å².